The first-order chi connectivity index (χ1) is 14.4. The van der Waals surface area contributed by atoms with Crippen LogP contribution >= 0.6 is 0 Å². The fourth-order valence-corrected chi connectivity index (χ4v) is 3.18. The maximum absolute atomic E-state index is 14.4. The highest BCUT2D eigenvalue weighted by Crippen LogP contribution is 2.29. The second-order valence-electron chi connectivity index (χ2n) is 5.97. The normalized spacial score (nSPS) is 12.2. The topological polar surface area (TPSA) is 57.7 Å². The van der Waals surface area contributed by atoms with Crippen molar-refractivity contribution in [2.24, 2.45) is 0 Å². The summed E-state index contributed by atoms with van der Waals surface area (Å²) in [6.07, 6.45) is 1.08. The number of nitrogens with zero attached hydrogens (tertiary/aromatic N) is 2. The van der Waals surface area contributed by atoms with Gasteiger partial charge in [-0.05, 0) is 30.3 Å². The summed E-state index contributed by atoms with van der Waals surface area (Å²) in [5.41, 5.74) is -6.71. The number of alkyl halides is 3. The van der Waals surface area contributed by atoms with E-state index < -0.39 is 68.4 Å². The Morgan fingerprint density at radius 3 is 2.13 bits per heavy atom. The maximum Gasteiger partial charge on any atom is 0.475 e. The number of urea groups is 1. The molecule has 0 unspecified atom stereocenters. The van der Waals surface area contributed by atoms with Gasteiger partial charge in [0.2, 0.25) is 0 Å². The number of halogens is 6. The average molecular weight is 464 g/mol. The molecular weight excluding hydrogens is 450 g/mol. The van der Waals surface area contributed by atoms with E-state index in [1.807, 2.05) is 0 Å². The monoisotopic (exact) mass is 464 g/mol. The second-order valence-corrected chi connectivity index (χ2v) is 7.44. The van der Waals surface area contributed by atoms with Gasteiger partial charge in [-0.2, -0.15) is 13.2 Å². The van der Waals surface area contributed by atoms with E-state index in [-0.39, 0.29) is 0 Å². The average Bonchev–Trinajstić information content (AvgIpc) is 2.69. The molecule has 0 aliphatic rings. The third-order valence-electron chi connectivity index (χ3n) is 3.96. The fourth-order valence-electron chi connectivity index (χ4n) is 2.51. The van der Waals surface area contributed by atoms with Crippen molar-refractivity contribution in [3.05, 3.63) is 72.1 Å². The number of carbonyl (C=O) groups excluding carboxylic acids is 2. The van der Waals surface area contributed by atoms with Crippen LogP contribution in [0, 0.1) is 17.5 Å². The van der Waals surface area contributed by atoms with Gasteiger partial charge in [0.15, 0.2) is 10.8 Å². The molecule has 0 aliphatic carbocycles. The van der Waals surface area contributed by atoms with Gasteiger partial charge in [-0.15, -0.1) is 6.58 Å². The number of hydrogen-bond donors (Lipinski definition) is 0. The molecule has 0 aliphatic heterocycles. The van der Waals surface area contributed by atoms with Crippen molar-refractivity contribution in [2.75, 3.05) is 18.5 Å². The van der Waals surface area contributed by atoms with Gasteiger partial charge in [-0.25, -0.2) is 22.2 Å². The number of anilines is 1. The van der Waals surface area contributed by atoms with Crippen LogP contribution in [0.5, 0.6) is 0 Å². The number of benzene rings is 2. The van der Waals surface area contributed by atoms with E-state index >= 15 is 0 Å². The van der Waals surface area contributed by atoms with Crippen molar-refractivity contribution >= 4 is 28.4 Å². The molecule has 0 N–H and O–H groups in total. The number of hydrogen-bond acceptors (Lipinski definition) is 3. The molecule has 0 radical (unpaired) electrons. The summed E-state index contributed by atoms with van der Waals surface area (Å²) in [5.74, 6) is -5.18. The van der Waals surface area contributed by atoms with Gasteiger partial charge in [-0.3, -0.25) is 14.6 Å². The number of amides is 3. The van der Waals surface area contributed by atoms with Crippen molar-refractivity contribution < 1.29 is 40.1 Å². The number of imide groups is 1. The smallest absolute Gasteiger partial charge is 0.294 e. The summed E-state index contributed by atoms with van der Waals surface area (Å²) >= 11 is 0. The minimum absolute atomic E-state index is 0.332. The van der Waals surface area contributed by atoms with E-state index in [1.54, 1.807) is 0 Å². The molecule has 0 spiro atoms. The molecule has 5 nitrogen and oxygen atoms in total. The molecule has 0 bridgehead atoms. The zero-order valence-electron chi connectivity index (χ0n) is 15.8. The molecule has 0 heterocycles. The van der Waals surface area contributed by atoms with Gasteiger partial charge in [0, 0.05) is 13.6 Å². The Morgan fingerprint density at radius 1 is 1.06 bits per heavy atom. The summed E-state index contributed by atoms with van der Waals surface area (Å²) in [7, 11) is -2.51. The lowest BCUT2D eigenvalue weighted by Gasteiger charge is -2.26. The van der Waals surface area contributed by atoms with Gasteiger partial charge < -0.3 is 0 Å². The zero-order chi connectivity index (χ0) is 23.5. The minimum atomic E-state index is -5.12. The Labute approximate surface area is 175 Å². The highest BCUT2D eigenvalue weighted by Gasteiger charge is 2.38. The van der Waals surface area contributed by atoms with Crippen LogP contribution < -0.4 is 4.90 Å². The van der Waals surface area contributed by atoms with Gasteiger partial charge in [-0.1, -0.05) is 12.1 Å². The van der Waals surface area contributed by atoms with Crippen LogP contribution in [-0.2, 0) is 10.8 Å². The molecule has 1 atom stereocenters. The van der Waals surface area contributed by atoms with Crippen LogP contribution in [0.25, 0.3) is 0 Å². The van der Waals surface area contributed by atoms with Crippen LogP contribution in [0.15, 0.2) is 53.9 Å². The molecule has 0 saturated heterocycles. The Morgan fingerprint density at radius 2 is 1.65 bits per heavy atom. The Kier molecular flexibility index (Phi) is 7.26. The van der Waals surface area contributed by atoms with Crippen molar-refractivity contribution in [2.45, 2.75) is 10.4 Å². The van der Waals surface area contributed by atoms with E-state index in [1.165, 1.54) is 0 Å². The van der Waals surface area contributed by atoms with Gasteiger partial charge in [0.25, 0.3) is 5.91 Å². The molecule has 12 heteroatoms. The fraction of sp³-hybridized carbons (Fsp3) is 0.158. The highest BCUT2D eigenvalue weighted by molar-refractivity contribution is 7.86. The zero-order valence-corrected chi connectivity index (χ0v) is 16.6. The van der Waals surface area contributed by atoms with E-state index in [4.69, 9.17) is 0 Å². The Balaban J connectivity index is 2.40. The van der Waals surface area contributed by atoms with Gasteiger partial charge in [0.05, 0.1) is 10.6 Å². The lowest BCUT2D eigenvalue weighted by molar-refractivity contribution is -0.0384. The molecule has 2 aromatic carbocycles. The largest absolute Gasteiger partial charge is 0.475 e. The molecule has 0 aromatic heterocycles. The predicted octanol–water partition coefficient (Wildman–Crippen LogP) is 4.62. The second kappa shape index (κ2) is 9.33. The Hall–Kier alpha value is -3.15. The quantitative estimate of drug-likeness (QED) is 0.480. The van der Waals surface area contributed by atoms with Crippen LogP contribution in [0.2, 0.25) is 0 Å². The SMILES string of the molecule is C=CCN(C(=O)c1c(F)cccc1F)C(=O)N(C)c1ccc([S@@](=O)C(F)(F)F)cc1F. The molecule has 166 valence electrons. The minimum Gasteiger partial charge on any atom is -0.294 e. The Bertz CT molecular complexity index is 1040. The molecule has 3 amide bonds. The summed E-state index contributed by atoms with van der Waals surface area (Å²) < 4.78 is 91.3. The number of carbonyl (C=O) groups is 2. The molecule has 2 aromatic rings. The first-order valence-electron chi connectivity index (χ1n) is 8.32. The van der Waals surface area contributed by atoms with E-state index in [0.717, 1.165) is 37.4 Å². The van der Waals surface area contributed by atoms with E-state index in [2.05, 4.69) is 6.58 Å². The summed E-state index contributed by atoms with van der Waals surface area (Å²) in [5, 5.41) is 0. The molecule has 31 heavy (non-hydrogen) atoms. The van der Waals surface area contributed by atoms with Crippen molar-refractivity contribution in [3.63, 3.8) is 0 Å². The lowest BCUT2D eigenvalue weighted by Crippen LogP contribution is -2.45. The first-order valence-corrected chi connectivity index (χ1v) is 9.47. The van der Waals surface area contributed by atoms with Crippen LogP contribution in [0.4, 0.5) is 36.8 Å². The van der Waals surface area contributed by atoms with Gasteiger partial charge in [0.1, 0.15) is 23.0 Å². The summed E-state index contributed by atoms with van der Waals surface area (Å²) in [6, 6.07) is 3.16. The van der Waals surface area contributed by atoms with Crippen LogP contribution in [0.1, 0.15) is 10.4 Å². The molecular formula is C19H14F6N2O3S. The maximum atomic E-state index is 14.4. The third kappa shape index (κ3) is 5.13. The molecule has 0 saturated carbocycles. The van der Waals surface area contributed by atoms with Crippen LogP contribution in [-0.4, -0.2) is 40.1 Å². The van der Waals surface area contributed by atoms with Crippen molar-refractivity contribution in [1.82, 2.24) is 4.90 Å². The summed E-state index contributed by atoms with van der Waals surface area (Å²) in [6.45, 7) is 2.83. The highest BCUT2D eigenvalue weighted by atomic mass is 32.2. The van der Waals surface area contributed by atoms with E-state index in [0.29, 0.717) is 21.9 Å². The predicted molar refractivity (Wildman–Crippen MR) is 100 cm³/mol. The van der Waals surface area contributed by atoms with Crippen LogP contribution in [0.3, 0.4) is 0 Å². The van der Waals surface area contributed by atoms with E-state index in [9.17, 15) is 40.1 Å². The molecule has 2 rings (SSSR count). The molecule has 0 fully saturated rings. The van der Waals surface area contributed by atoms with Crippen molar-refractivity contribution in [1.29, 1.82) is 0 Å². The number of rotatable bonds is 5. The summed E-state index contributed by atoms with van der Waals surface area (Å²) in [4.78, 5) is 25.4. The third-order valence-corrected chi connectivity index (χ3v) is 5.06. The standard InChI is InChI=1S/C19H14F6N2O3S/c1-3-9-27(17(28)16-12(20)5-4-6-13(16)21)18(29)26(2)15-8-7-11(10-14(15)22)31(30)19(23,24)25/h3-8,10H,1,9H2,2H3/t31-/m1/s1. The first kappa shape index (κ1) is 24.1. The lowest BCUT2D eigenvalue weighted by atomic mass is 10.1. The van der Waals surface area contributed by atoms with Gasteiger partial charge >= 0.3 is 11.5 Å². The van der Waals surface area contributed by atoms with Crippen molar-refractivity contribution in [3.8, 4) is 0 Å².